The Morgan fingerprint density at radius 3 is 2.90 bits per heavy atom. The van der Waals surface area contributed by atoms with Crippen molar-refractivity contribution in [2.24, 2.45) is 7.05 Å². The average Bonchev–Trinajstić information content (AvgIpc) is 2.77. The molecule has 1 aromatic heterocycles. The summed E-state index contributed by atoms with van der Waals surface area (Å²) >= 11 is 0. The van der Waals surface area contributed by atoms with E-state index in [1.54, 1.807) is 7.11 Å². The molecule has 1 aliphatic carbocycles. The fourth-order valence-electron chi connectivity index (χ4n) is 2.89. The summed E-state index contributed by atoms with van der Waals surface area (Å²) in [6.45, 7) is 0. The normalized spacial score (nSPS) is 14.2. The summed E-state index contributed by atoms with van der Waals surface area (Å²) in [6, 6.07) is 7.92. The number of hydrogen-bond acceptors (Lipinski definition) is 3. The summed E-state index contributed by atoms with van der Waals surface area (Å²) in [6.07, 6.45) is 3.13. The van der Waals surface area contributed by atoms with E-state index < -0.39 is 0 Å². The first kappa shape index (κ1) is 12.9. The summed E-state index contributed by atoms with van der Waals surface area (Å²) in [7, 11) is 3.58. The van der Waals surface area contributed by atoms with E-state index in [-0.39, 0.29) is 5.78 Å². The van der Waals surface area contributed by atoms with Crippen LogP contribution in [0.25, 0.3) is 0 Å². The first-order valence-electron chi connectivity index (χ1n) is 6.90. The number of ether oxygens (including phenoxy) is 1. The molecule has 0 amide bonds. The molecule has 0 N–H and O–H groups in total. The fraction of sp³-hybridized carbons (Fsp3) is 0.375. The Morgan fingerprint density at radius 2 is 2.10 bits per heavy atom. The Kier molecular flexibility index (Phi) is 3.30. The highest BCUT2D eigenvalue weighted by molar-refractivity contribution is 5.99. The molecule has 2 aromatic rings. The van der Waals surface area contributed by atoms with Gasteiger partial charge in [-0.15, -0.1) is 0 Å². The van der Waals surface area contributed by atoms with Crippen LogP contribution in [-0.2, 0) is 19.9 Å². The van der Waals surface area contributed by atoms with E-state index in [0.29, 0.717) is 12.8 Å². The minimum atomic E-state index is 0.226. The Labute approximate surface area is 118 Å². The smallest absolute Gasteiger partial charge is 0.166 e. The van der Waals surface area contributed by atoms with Gasteiger partial charge in [-0.1, -0.05) is 18.2 Å². The third-order valence-corrected chi connectivity index (χ3v) is 3.89. The molecule has 0 unspecified atom stereocenters. The molecule has 104 valence electrons. The van der Waals surface area contributed by atoms with Crippen LogP contribution in [0.3, 0.4) is 0 Å². The van der Waals surface area contributed by atoms with Gasteiger partial charge in [0.2, 0.25) is 0 Å². The van der Waals surface area contributed by atoms with E-state index in [0.717, 1.165) is 41.1 Å². The highest BCUT2D eigenvalue weighted by Gasteiger charge is 2.26. The lowest BCUT2D eigenvalue weighted by Gasteiger charge is -2.12. The van der Waals surface area contributed by atoms with Gasteiger partial charge in [0, 0.05) is 25.5 Å². The summed E-state index contributed by atoms with van der Waals surface area (Å²) in [4.78, 5) is 12.2. The van der Waals surface area contributed by atoms with E-state index >= 15 is 0 Å². The predicted octanol–water partition coefficient (Wildman–Crippen LogP) is 2.54. The van der Waals surface area contributed by atoms with Crippen molar-refractivity contribution < 1.29 is 9.53 Å². The van der Waals surface area contributed by atoms with E-state index in [4.69, 9.17) is 4.74 Å². The lowest BCUT2D eigenvalue weighted by Crippen LogP contribution is -2.12. The number of para-hydroxylation sites is 1. The number of aryl methyl sites for hydroxylation is 2. The van der Waals surface area contributed by atoms with Gasteiger partial charge in [0.15, 0.2) is 5.78 Å². The highest BCUT2D eigenvalue weighted by Crippen LogP contribution is 2.28. The molecule has 0 spiro atoms. The second kappa shape index (κ2) is 5.12. The molecule has 0 radical (unpaired) electrons. The first-order chi connectivity index (χ1) is 9.70. The molecule has 0 saturated heterocycles. The molecule has 20 heavy (non-hydrogen) atoms. The van der Waals surface area contributed by atoms with Crippen LogP contribution in [0.2, 0.25) is 0 Å². The van der Waals surface area contributed by atoms with Crippen LogP contribution in [0.5, 0.6) is 5.75 Å². The second-order valence-electron chi connectivity index (χ2n) is 5.16. The number of ketones is 1. The van der Waals surface area contributed by atoms with E-state index in [9.17, 15) is 4.79 Å². The van der Waals surface area contributed by atoms with Crippen LogP contribution in [0.1, 0.15) is 40.2 Å². The number of fused-ring (bicyclic) bond motifs is 1. The fourth-order valence-corrected chi connectivity index (χ4v) is 2.89. The van der Waals surface area contributed by atoms with Gasteiger partial charge in [-0.25, -0.2) is 0 Å². The molecule has 1 heterocycles. The number of nitrogens with zero attached hydrogens (tertiary/aromatic N) is 2. The maximum atomic E-state index is 12.2. The van der Waals surface area contributed by atoms with E-state index in [2.05, 4.69) is 5.10 Å². The Bertz CT molecular complexity index is 658. The molecule has 3 rings (SSSR count). The van der Waals surface area contributed by atoms with Gasteiger partial charge in [-0.2, -0.15) is 5.10 Å². The van der Waals surface area contributed by atoms with E-state index in [1.165, 1.54) is 0 Å². The van der Waals surface area contributed by atoms with Gasteiger partial charge >= 0.3 is 0 Å². The Balaban J connectivity index is 2.03. The van der Waals surface area contributed by atoms with Gasteiger partial charge in [0.05, 0.1) is 24.1 Å². The average molecular weight is 270 g/mol. The van der Waals surface area contributed by atoms with Gasteiger partial charge in [-0.05, 0) is 18.9 Å². The van der Waals surface area contributed by atoms with Crippen molar-refractivity contribution in [3.8, 4) is 5.75 Å². The zero-order chi connectivity index (χ0) is 14.1. The zero-order valence-corrected chi connectivity index (χ0v) is 11.8. The van der Waals surface area contributed by atoms with Gasteiger partial charge in [-0.3, -0.25) is 9.48 Å². The summed E-state index contributed by atoms with van der Waals surface area (Å²) < 4.78 is 7.24. The molecule has 0 aliphatic heterocycles. The number of Topliss-reactive ketones (excluding diaryl/α,β-unsaturated/α-hetero) is 1. The monoisotopic (exact) mass is 270 g/mol. The van der Waals surface area contributed by atoms with Crippen LogP contribution >= 0.6 is 0 Å². The number of methoxy groups -OCH3 is 1. The third-order valence-electron chi connectivity index (χ3n) is 3.89. The van der Waals surface area contributed by atoms with E-state index in [1.807, 2.05) is 36.0 Å². The largest absolute Gasteiger partial charge is 0.496 e. The number of hydrogen-bond donors (Lipinski definition) is 0. The molecule has 0 fully saturated rings. The zero-order valence-electron chi connectivity index (χ0n) is 11.8. The third kappa shape index (κ3) is 2.11. The number of rotatable bonds is 3. The second-order valence-corrected chi connectivity index (χ2v) is 5.16. The van der Waals surface area contributed by atoms with Crippen molar-refractivity contribution >= 4 is 5.78 Å². The lowest BCUT2D eigenvalue weighted by molar-refractivity contribution is 0.0971. The molecule has 1 aliphatic rings. The number of benzene rings is 1. The summed E-state index contributed by atoms with van der Waals surface area (Å²) in [5.41, 5.74) is 3.87. The topological polar surface area (TPSA) is 44.1 Å². The van der Waals surface area contributed by atoms with Gasteiger partial charge in [0.1, 0.15) is 5.75 Å². The van der Waals surface area contributed by atoms with Crippen LogP contribution < -0.4 is 4.74 Å². The quantitative estimate of drug-likeness (QED) is 0.861. The number of aromatic nitrogens is 2. The van der Waals surface area contributed by atoms with Crippen molar-refractivity contribution in [1.82, 2.24) is 9.78 Å². The van der Waals surface area contributed by atoms with Gasteiger partial charge < -0.3 is 4.74 Å². The number of carbonyl (C=O) groups is 1. The molecule has 0 bridgehead atoms. The van der Waals surface area contributed by atoms with Crippen molar-refractivity contribution in [1.29, 1.82) is 0 Å². The predicted molar refractivity (Wildman–Crippen MR) is 76.3 cm³/mol. The minimum Gasteiger partial charge on any atom is -0.496 e. The van der Waals surface area contributed by atoms with Crippen LogP contribution in [0.4, 0.5) is 0 Å². The Morgan fingerprint density at radius 1 is 1.30 bits per heavy atom. The SMILES string of the molecule is COc1ccccc1Cc1c2c(nn1C)CCCC2=O. The molecule has 0 atom stereocenters. The Hall–Kier alpha value is -2.10. The summed E-state index contributed by atoms with van der Waals surface area (Å²) in [5, 5.41) is 4.51. The molecule has 4 heteroatoms. The summed E-state index contributed by atoms with van der Waals surface area (Å²) in [5.74, 6) is 1.08. The number of carbonyl (C=O) groups excluding carboxylic acids is 1. The molecule has 4 nitrogen and oxygen atoms in total. The molecular formula is C16H18N2O2. The van der Waals surface area contributed by atoms with Crippen molar-refractivity contribution in [2.75, 3.05) is 7.11 Å². The van der Waals surface area contributed by atoms with Crippen LogP contribution in [-0.4, -0.2) is 22.7 Å². The maximum absolute atomic E-state index is 12.2. The van der Waals surface area contributed by atoms with Crippen molar-refractivity contribution in [2.45, 2.75) is 25.7 Å². The van der Waals surface area contributed by atoms with Crippen molar-refractivity contribution in [3.63, 3.8) is 0 Å². The van der Waals surface area contributed by atoms with Crippen LogP contribution in [0.15, 0.2) is 24.3 Å². The molecule has 0 saturated carbocycles. The van der Waals surface area contributed by atoms with Gasteiger partial charge in [0.25, 0.3) is 0 Å². The standard InChI is InChI=1S/C16H18N2O2/c1-18-13(10-11-6-3-4-9-15(11)20-2)16-12(17-18)7-5-8-14(16)19/h3-4,6,9H,5,7-8,10H2,1-2H3. The van der Waals surface area contributed by atoms with Crippen LogP contribution in [0, 0.1) is 0 Å². The minimum absolute atomic E-state index is 0.226. The maximum Gasteiger partial charge on any atom is 0.166 e. The molecule has 1 aromatic carbocycles. The van der Waals surface area contributed by atoms with Crippen molar-refractivity contribution in [3.05, 3.63) is 46.8 Å². The molecular weight excluding hydrogens is 252 g/mol. The first-order valence-corrected chi connectivity index (χ1v) is 6.90. The lowest BCUT2D eigenvalue weighted by atomic mass is 9.92. The highest BCUT2D eigenvalue weighted by atomic mass is 16.5.